The molecule has 232 valence electrons. The van der Waals surface area contributed by atoms with Gasteiger partial charge in [0.2, 0.25) is 0 Å². The predicted octanol–water partition coefficient (Wildman–Crippen LogP) is 8.83. The SMILES string of the molecule is CCOC(=O)[C]/C=C(\CC1N(c2c(C(C)C)cccc2C(C)C)C=CN1c1c(C(C)C)cccc1C(C)C)C(=O)OCC. The smallest absolute Gasteiger partial charge is 0.333 e. The van der Waals surface area contributed by atoms with Crippen LogP contribution in [0.4, 0.5) is 11.4 Å². The molecule has 0 aromatic heterocycles. The maximum absolute atomic E-state index is 13.3. The number of rotatable bonds is 13. The van der Waals surface area contributed by atoms with E-state index < -0.39 is 11.9 Å². The molecule has 43 heavy (non-hydrogen) atoms. The first-order valence-corrected chi connectivity index (χ1v) is 15.7. The van der Waals surface area contributed by atoms with E-state index in [1.807, 2.05) is 0 Å². The van der Waals surface area contributed by atoms with Gasteiger partial charge in [-0.3, -0.25) is 4.79 Å². The standard InChI is InChI=1S/C37H50N2O4/c1-11-42-34(40)20-19-28(37(41)43-12-2)23-33-38(35-29(24(3)4)15-13-16-30(35)25(5)6)21-22-39(33)36-31(26(7)8)17-14-18-32(36)27(9)10/h13-19,21-22,24-27,33H,11-12,23H2,1-10H3/b28-19+. The van der Waals surface area contributed by atoms with Crippen molar-refractivity contribution < 1.29 is 19.1 Å². The number of anilines is 2. The van der Waals surface area contributed by atoms with Crippen LogP contribution in [0.15, 0.2) is 60.4 Å². The molecule has 0 aliphatic carbocycles. The Kier molecular flexibility index (Phi) is 12.1. The summed E-state index contributed by atoms with van der Waals surface area (Å²) in [4.78, 5) is 30.2. The first kappa shape index (κ1) is 34.0. The molecule has 3 rings (SSSR count). The first-order valence-electron chi connectivity index (χ1n) is 15.7. The van der Waals surface area contributed by atoms with E-state index in [0.29, 0.717) is 12.0 Å². The van der Waals surface area contributed by atoms with E-state index in [-0.39, 0.29) is 43.1 Å². The predicted molar refractivity (Wildman–Crippen MR) is 176 cm³/mol. The van der Waals surface area contributed by atoms with E-state index in [9.17, 15) is 9.59 Å². The summed E-state index contributed by atoms with van der Waals surface area (Å²) in [6.07, 6.45) is 8.37. The van der Waals surface area contributed by atoms with Gasteiger partial charge >= 0.3 is 11.9 Å². The van der Waals surface area contributed by atoms with Crippen molar-refractivity contribution in [1.29, 1.82) is 0 Å². The molecule has 2 aromatic carbocycles. The lowest BCUT2D eigenvalue weighted by Crippen LogP contribution is -2.41. The Morgan fingerprint density at radius 3 is 1.47 bits per heavy atom. The molecule has 0 N–H and O–H groups in total. The van der Waals surface area contributed by atoms with Crippen molar-refractivity contribution >= 4 is 23.3 Å². The number of nitrogens with zero attached hydrogens (tertiary/aromatic N) is 2. The molecular formula is C37H50N2O4. The van der Waals surface area contributed by atoms with Crippen molar-refractivity contribution in [3.63, 3.8) is 0 Å². The van der Waals surface area contributed by atoms with Crippen molar-refractivity contribution in [2.75, 3.05) is 23.0 Å². The van der Waals surface area contributed by atoms with E-state index in [4.69, 9.17) is 9.47 Å². The molecule has 0 atom stereocenters. The molecular weight excluding hydrogens is 536 g/mol. The average molecular weight is 587 g/mol. The van der Waals surface area contributed by atoms with Gasteiger partial charge in [0, 0.05) is 35.8 Å². The van der Waals surface area contributed by atoms with Crippen molar-refractivity contribution in [3.05, 3.63) is 89.1 Å². The average Bonchev–Trinajstić information content (AvgIpc) is 3.36. The number of carbonyl (C=O) groups is 2. The number of benzene rings is 2. The monoisotopic (exact) mass is 586 g/mol. The van der Waals surface area contributed by atoms with Crippen LogP contribution in [0.3, 0.4) is 0 Å². The summed E-state index contributed by atoms with van der Waals surface area (Å²) < 4.78 is 10.6. The lowest BCUT2D eigenvalue weighted by Gasteiger charge is -2.38. The molecule has 0 amide bonds. The highest BCUT2D eigenvalue weighted by atomic mass is 16.5. The van der Waals surface area contributed by atoms with E-state index in [1.54, 1.807) is 13.8 Å². The van der Waals surface area contributed by atoms with Gasteiger partial charge in [-0.25, -0.2) is 4.79 Å². The van der Waals surface area contributed by atoms with Crippen LogP contribution in [0.5, 0.6) is 0 Å². The highest BCUT2D eigenvalue weighted by molar-refractivity contribution is 5.92. The maximum atomic E-state index is 13.3. The van der Waals surface area contributed by atoms with Crippen LogP contribution in [0.1, 0.15) is 122 Å². The normalized spacial score (nSPS) is 14.1. The van der Waals surface area contributed by atoms with Gasteiger partial charge in [0.05, 0.1) is 13.2 Å². The highest BCUT2D eigenvalue weighted by Gasteiger charge is 2.36. The summed E-state index contributed by atoms with van der Waals surface area (Å²) in [5.41, 5.74) is 7.66. The minimum Gasteiger partial charge on any atom is -0.465 e. The second-order valence-electron chi connectivity index (χ2n) is 12.2. The molecule has 0 bridgehead atoms. The Balaban J connectivity index is 2.29. The Labute approximate surface area is 259 Å². The van der Waals surface area contributed by atoms with E-state index in [0.717, 1.165) is 11.4 Å². The van der Waals surface area contributed by atoms with Gasteiger partial charge < -0.3 is 19.3 Å². The number of esters is 2. The summed E-state index contributed by atoms with van der Waals surface area (Å²) >= 11 is 0. The van der Waals surface area contributed by atoms with Gasteiger partial charge in [-0.2, -0.15) is 0 Å². The zero-order valence-corrected chi connectivity index (χ0v) is 27.7. The summed E-state index contributed by atoms with van der Waals surface area (Å²) in [5.74, 6) is 0.0803. The van der Waals surface area contributed by atoms with Crippen LogP contribution in [-0.2, 0) is 19.1 Å². The van der Waals surface area contributed by atoms with Gasteiger partial charge in [-0.05, 0) is 59.8 Å². The molecule has 1 aliphatic heterocycles. The Morgan fingerprint density at radius 2 is 1.12 bits per heavy atom. The summed E-state index contributed by atoms with van der Waals surface area (Å²) in [6.45, 7) is 21.7. The van der Waals surface area contributed by atoms with Crippen LogP contribution in [0, 0.1) is 6.42 Å². The minimum absolute atomic E-state index is 0.229. The van der Waals surface area contributed by atoms with E-state index >= 15 is 0 Å². The number of para-hydroxylation sites is 2. The number of hydrogen-bond donors (Lipinski definition) is 0. The van der Waals surface area contributed by atoms with Gasteiger partial charge in [0.25, 0.3) is 0 Å². The molecule has 0 unspecified atom stereocenters. The van der Waals surface area contributed by atoms with Gasteiger partial charge in [-0.1, -0.05) is 97.9 Å². The molecule has 0 fully saturated rings. The molecule has 1 heterocycles. The van der Waals surface area contributed by atoms with Gasteiger partial charge in [0.1, 0.15) is 12.6 Å². The number of carbonyl (C=O) groups excluding carboxylic acids is 2. The molecule has 6 nitrogen and oxygen atoms in total. The fourth-order valence-corrected chi connectivity index (χ4v) is 5.68. The minimum atomic E-state index is -0.609. The topological polar surface area (TPSA) is 59.1 Å². The molecule has 2 aromatic rings. The number of hydrogen-bond acceptors (Lipinski definition) is 6. The van der Waals surface area contributed by atoms with Crippen molar-refractivity contribution in [3.8, 4) is 0 Å². The quantitative estimate of drug-likeness (QED) is 0.173. The van der Waals surface area contributed by atoms with Crippen LogP contribution >= 0.6 is 0 Å². The third-order valence-electron chi connectivity index (χ3n) is 7.81. The molecule has 0 saturated heterocycles. The molecule has 0 spiro atoms. The summed E-state index contributed by atoms with van der Waals surface area (Å²) in [7, 11) is 0. The van der Waals surface area contributed by atoms with Gasteiger partial charge in [-0.15, -0.1) is 0 Å². The molecule has 2 radical (unpaired) electrons. The third kappa shape index (κ3) is 7.90. The van der Waals surface area contributed by atoms with Crippen LogP contribution in [0.2, 0.25) is 0 Å². The van der Waals surface area contributed by atoms with E-state index in [2.05, 4.69) is 120 Å². The Hall–Kier alpha value is -3.54. The fourth-order valence-electron chi connectivity index (χ4n) is 5.68. The largest absolute Gasteiger partial charge is 0.465 e. The summed E-state index contributed by atoms with van der Waals surface area (Å²) in [5, 5.41) is 0. The second kappa shape index (κ2) is 15.3. The number of ether oxygens (including phenoxy) is 2. The maximum Gasteiger partial charge on any atom is 0.333 e. The van der Waals surface area contributed by atoms with Crippen LogP contribution in [0.25, 0.3) is 0 Å². The lowest BCUT2D eigenvalue weighted by atomic mass is 9.90. The highest BCUT2D eigenvalue weighted by Crippen LogP contribution is 2.44. The van der Waals surface area contributed by atoms with E-state index in [1.165, 1.54) is 28.3 Å². The first-order chi connectivity index (χ1) is 20.4. The van der Waals surface area contributed by atoms with Crippen LogP contribution < -0.4 is 9.80 Å². The Bertz CT molecular complexity index is 1200. The van der Waals surface area contributed by atoms with Crippen LogP contribution in [-0.4, -0.2) is 31.3 Å². The second-order valence-corrected chi connectivity index (χ2v) is 12.2. The van der Waals surface area contributed by atoms with Crippen molar-refractivity contribution in [1.82, 2.24) is 0 Å². The Morgan fingerprint density at radius 1 is 0.721 bits per heavy atom. The zero-order valence-electron chi connectivity index (χ0n) is 27.7. The third-order valence-corrected chi connectivity index (χ3v) is 7.81. The summed E-state index contributed by atoms with van der Waals surface area (Å²) in [6, 6.07) is 13.1. The van der Waals surface area contributed by atoms with Gasteiger partial charge in [0.15, 0.2) is 0 Å². The molecule has 0 saturated carbocycles. The fraction of sp³-hybridized carbons (Fsp3) is 0.486. The zero-order chi connectivity index (χ0) is 31.8. The lowest BCUT2D eigenvalue weighted by molar-refractivity contribution is -0.138. The molecule has 1 aliphatic rings. The van der Waals surface area contributed by atoms with Crippen molar-refractivity contribution in [2.24, 2.45) is 0 Å². The molecule has 6 heteroatoms. The van der Waals surface area contributed by atoms with Crippen molar-refractivity contribution in [2.45, 2.75) is 105 Å².